The van der Waals surface area contributed by atoms with E-state index >= 15 is 0 Å². The van der Waals surface area contributed by atoms with Gasteiger partial charge in [-0.2, -0.15) is 0 Å². The number of amides is 1. The summed E-state index contributed by atoms with van der Waals surface area (Å²) in [5, 5.41) is 10.1. The summed E-state index contributed by atoms with van der Waals surface area (Å²) >= 11 is 12.5. The molecule has 0 bridgehead atoms. The molecule has 1 saturated carbocycles. The molecular formula is C18H31Cl2N3O2. The lowest BCUT2D eigenvalue weighted by Gasteiger charge is -2.42. The molecule has 5 nitrogen and oxygen atoms in total. The van der Waals surface area contributed by atoms with E-state index in [0.717, 1.165) is 45.4 Å². The van der Waals surface area contributed by atoms with Gasteiger partial charge in [-0.1, -0.05) is 0 Å². The van der Waals surface area contributed by atoms with Gasteiger partial charge >= 0.3 is 0 Å². The fraction of sp³-hybridized carbons (Fsp3) is 0.944. The summed E-state index contributed by atoms with van der Waals surface area (Å²) in [4.78, 5) is 16.9. The molecule has 3 fully saturated rings. The van der Waals surface area contributed by atoms with E-state index in [1.807, 2.05) is 4.90 Å². The normalized spacial score (nSPS) is 39.6. The summed E-state index contributed by atoms with van der Waals surface area (Å²) in [6.07, 6.45) is 3.51. The highest BCUT2D eigenvalue weighted by Crippen LogP contribution is 2.37. The van der Waals surface area contributed by atoms with Gasteiger partial charge in [0.25, 0.3) is 0 Å². The lowest BCUT2D eigenvalue weighted by Crippen LogP contribution is -2.52. The molecule has 0 spiro atoms. The van der Waals surface area contributed by atoms with Gasteiger partial charge in [-0.25, -0.2) is 0 Å². The zero-order valence-corrected chi connectivity index (χ0v) is 16.5. The fourth-order valence-corrected chi connectivity index (χ4v) is 5.37. The summed E-state index contributed by atoms with van der Waals surface area (Å²) < 4.78 is 0. The first kappa shape index (κ1) is 19.7. The van der Waals surface area contributed by atoms with Crippen LogP contribution >= 0.6 is 23.2 Å². The average Bonchev–Trinajstić information content (AvgIpc) is 3.03. The second-order valence-electron chi connectivity index (χ2n) is 8.22. The maximum absolute atomic E-state index is 12.7. The van der Waals surface area contributed by atoms with E-state index in [4.69, 9.17) is 28.9 Å². The number of rotatable bonds is 3. The predicted molar refractivity (Wildman–Crippen MR) is 101 cm³/mol. The Hall–Kier alpha value is -0.0700. The van der Waals surface area contributed by atoms with Crippen molar-refractivity contribution in [3.05, 3.63) is 0 Å². The highest BCUT2D eigenvalue weighted by molar-refractivity contribution is 6.30. The Morgan fingerprint density at radius 1 is 1.12 bits per heavy atom. The van der Waals surface area contributed by atoms with Crippen LogP contribution in [0.1, 0.15) is 32.1 Å². The molecular weight excluding hydrogens is 361 g/mol. The number of hydrogen-bond donors (Lipinski definition) is 2. The first-order chi connectivity index (χ1) is 11.9. The van der Waals surface area contributed by atoms with Crippen LogP contribution in [0.5, 0.6) is 0 Å². The van der Waals surface area contributed by atoms with Gasteiger partial charge in [0.15, 0.2) is 0 Å². The van der Waals surface area contributed by atoms with Gasteiger partial charge in [-0.3, -0.25) is 4.79 Å². The molecule has 0 aromatic heterocycles. The van der Waals surface area contributed by atoms with Gasteiger partial charge in [-0.05, 0) is 51.6 Å². The molecule has 25 heavy (non-hydrogen) atoms. The maximum atomic E-state index is 12.7. The summed E-state index contributed by atoms with van der Waals surface area (Å²) in [6, 6.07) is -0.0738. The van der Waals surface area contributed by atoms with Crippen molar-refractivity contribution in [1.82, 2.24) is 9.80 Å². The van der Waals surface area contributed by atoms with Crippen LogP contribution in [-0.4, -0.2) is 76.9 Å². The second kappa shape index (κ2) is 8.30. The molecule has 2 aliphatic heterocycles. The number of carbonyl (C=O) groups is 1. The highest BCUT2D eigenvalue weighted by atomic mass is 35.5. The lowest BCUT2D eigenvalue weighted by atomic mass is 9.74. The molecule has 1 aliphatic carbocycles. The number of halogens is 2. The number of aliphatic hydroxyl groups excluding tert-OH is 1. The third-order valence-electron chi connectivity index (χ3n) is 6.48. The molecule has 7 heteroatoms. The van der Waals surface area contributed by atoms with Crippen LogP contribution in [0.15, 0.2) is 0 Å². The highest BCUT2D eigenvalue weighted by Gasteiger charge is 2.41. The largest absolute Gasteiger partial charge is 0.393 e. The Balaban J connectivity index is 1.50. The second-order valence-corrected chi connectivity index (χ2v) is 9.34. The summed E-state index contributed by atoms with van der Waals surface area (Å²) in [5.41, 5.74) is 6.51. The molecule has 3 rings (SSSR count). The van der Waals surface area contributed by atoms with Crippen molar-refractivity contribution in [3.63, 3.8) is 0 Å². The molecule has 6 atom stereocenters. The smallest absolute Gasteiger partial charge is 0.227 e. The van der Waals surface area contributed by atoms with Gasteiger partial charge in [0.2, 0.25) is 5.91 Å². The van der Waals surface area contributed by atoms with Crippen LogP contribution in [0, 0.1) is 17.8 Å². The Bertz CT molecular complexity index is 473. The van der Waals surface area contributed by atoms with Crippen molar-refractivity contribution < 1.29 is 9.90 Å². The van der Waals surface area contributed by atoms with Crippen molar-refractivity contribution >= 4 is 29.1 Å². The number of piperidine rings is 1. The molecule has 144 valence electrons. The number of nitrogens with zero attached hydrogens (tertiary/aromatic N) is 2. The average molecular weight is 392 g/mol. The number of hydrogen-bond acceptors (Lipinski definition) is 4. The Morgan fingerprint density at radius 2 is 1.76 bits per heavy atom. The van der Waals surface area contributed by atoms with E-state index in [1.54, 1.807) is 0 Å². The first-order valence-corrected chi connectivity index (χ1v) is 10.4. The minimum Gasteiger partial charge on any atom is -0.393 e. The molecule has 2 heterocycles. The molecule has 1 amide bonds. The van der Waals surface area contributed by atoms with Crippen LogP contribution in [0.25, 0.3) is 0 Å². The molecule has 0 radical (unpaired) electrons. The van der Waals surface area contributed by atoms with Crippen LogP contribution in [0.3, 0.4) is 0 Å². The maximum Gasteiger partial charge on any atom is 0.227 e. The number of alkyl halides is 2. The molecule has 3 N–H and O–H groups in total. The van der Waals surface area contributed by atoms with Crippen molar-refractivity contribution in [2.45, 2.75) is 55.0 Å². The third kappa shape index (κ3) is 4.44. The van der Waals surface area contributed by atoms with Crippen LogP contribution < -0.4 is 5.73 Å². The Morgan fingerprint density at radius 3 is 2.36 bits per heavy atom. The minimum absolute atomic E-state index is 0.00762. The van der Waals surface area contributed by atoms with Crippen LogP contribution in [-0.2, 0) is 4.79 Å². The zero-order valence-electron chi connectivity index (χ0n) is 15.0. The molecule has 4 unspecified atom stereocenters. The number of carbonyl (C=O) groups excluding carboxylic acids is 1. The van der Waals surface area contributed by atoms with Crippen molar-refractivity contribution in [3.8, 4) is 0 Å². The van der Waals surface area contributed by atoms with E-state index in [2.05, 4.69) is 11.9 Å². The topological polar surface area (TPSA) is 69.8 Å². The first-order valence-electron chi connectivity index (χ1n) is 9.56. The number of likely N-dealkylation sites (tertiary alicyclic amines) is 2. The van der Waals surface area contributed by atoms with Gasteiger partial charge in [0, 0.05) is 31.6 Å². The fourth-order valence-electron chi connectivity index (χ4n) is 4.78. The Kier molecular flexibility index (Phi) is 6.54. The van der Waals surface area contributed by atoms with E-state index in [-0.39, 0.29) is 28.6 Å². The summed E-state index contributed by atoms with van der Waals surface area (Å²) in [7, 11) is 2.07. The number of aliphatic hydroxyl groups is 1. The van der Waals surface area contributed by atoms with E-state index < -0.39 is 6.10 Å². The molecule has 3 aliphatic rings. The van der Waals surface area contributed by atoms with Gasteiger partial charge in [0.1, 0.15) is 0 Å². The minimum atomic E-state index is -0.471. The predicted octanol–water partition coefficient (Wildman–Crippen LogP) is 1.49. The molecule has 0 aromatic rings. The van der Waals surface area contributed by atoms with Gasteiger partial charge in [-0.15, -0.1) is 23.2 Å². The SMILES string of the molecule is CN1CC[C@H](C(=O)N2CCC([C@@H](N)C3CC(Cl)C(Cl)CC3O)CC2)C1. The van der Waals surface area contributed by atoms with E-state index in [1.165, 1.54) is 0 Å². The number of nitrogens with two attached hydrogens (primary N) is 1. The summed E-state index contributed by atoms with van der Waals surface area (Å²) in [5.74, 6) is 0.812. The summed E-state index contributed by atoms with van der Waals surface area (Å²) in [6.45, 7) is 3.45. The van der Waals surface area contributed by atoms with Crippen molar-refractivity contribution in [2.24, 2.45) is 23.5 Å². The van der Waals surface area contributed by atoms with Gasteiger partial charge in [0.05, 0.1) is 22.8 Å². The van der Waals surface area contributed by atoms with Crippen LogP contribution in [0.2, 0.25) is 0 Å². The zero-order chi connectivity index (χ0) is 18.1. The van der Waals surface area contributed by atoms with E-state index in [9.17, 15) is 9.90 Å². The Labute approximate surface area is 160 Å². The third-order valence-corrected chi connectivity index (χ3v) is 7.57. The molecule has 0 aromatic carbocycles. The van der Waals surface area contributed by atoms with Crippen LogP contribution in [0.4, 0.5) is 0 Å². The lowest BCUT2D eigenvalue weighted by molar-refractivity contribution is -0.136. The van der Waals surface area contributed by atoms with Gasteiger partial charge < -0.3 is 20.6 Å². The van der Waals surface area contributed by atoms with E-state index in [0.29, 0.717) is 24.7 Å². The quantitative estimate of drug-likeness (QED) is 0.714. The van der Waals surface area contributed by atoms with Crippen molar-refractivity contribution in [2.75, 3.05) is 33.2 Å². The molecule has 2 saturated heterocycles. The monoisotopic (exact) mass is 391 g/mol. The van der Waals surface area contributed by atoms with Crippen molar-refractivity contribution in [1.29, 1.82) is 0 Å². The standard InChI is InChI=1S/C18H31Cl2N3O2/c1-22-5-2-12(10-22)18(25)23-6-3-11(4-7-23)17(21)13-8-14(19)15(20)9-16(13)24/h11-17,24H,2-10,21H2,1H3/t12-,13?,14?,15?,16?,17+/m0/s1.